The van der Waals surface area contributed by atoms with Crippen molar-refractivity contribution in [3.63, 3.8) is 0 Å². The molecule has 0 amide bonds. The summed E-state index contributed by atoms with van der Waals surface area (Å²) in [7, 11) is 1.46. The van der Waals surface area contributed by atoms with Crippen molar-refractivity contribution in [1.82, 2.24) is 0 Å². The predicted octanol–water partition coefficient (Wildman–Crippen LogP) is 3.12. The fraction of sp³-hybridized carbons (Fsp3) is 0.647. The Morgan fingerprint density at radius 3 is 2.74 bits per heavy atom. The number of benzene rings is 1. The molecule has 2 fully saturated rings. The quantitative estimate of drug-likeness (QED) is 0.681. The minimum atomic E-state index is -0.422. The van der Waals surface area contributed by atoms with Crippen molar-refractivity contribution in [2.45, 2.75) is 50.7 Å². The molecule has 1 heterocycles. The maximum Gasteiger partial charge on any atom is 0.311 e. The van der Waals surface area contributed by atoms with E-state index in [0.717, 1.165) is 44.3 Å². The van der Waals surface area contributed by atoms with E-state index in [1.54, 1.807) is 12.1 Å². The van der Waals surface area contributed by atoms with Crippen molar-refractivity contribution in [2.24, 2.45) is 5.92 Å². The van der Waals surface area contributed by atoms with Gasteiger partial charge in [0.25, 0.3) is 0 Å². The van der Waals surface area contributed by atoms with Crippen LogP contribution in [0.3, 0.4) is 0 Å². The summed E-state index contributed by atoms with van der Waals surface area (Å²) < 4.78 is 5.19. The molecule has 3 atom stereocenters. The molecule has 1 N–H and O–H groups in total. The third kappa shape index (κ3) is 3.13. The van der Waals surface area contributed by atoms with Crippen LogP contribution in [0.15, 0.2) is 18.2 Å². The molecule has 1 aliphatic carbocycles. The number of rotatable bonds is 4. The first kappa shape index (κ1) is 16.1. The fourth-order valence-corrected chi connectivity index (χ4v) is 4.14. The van der Waals surface area contributed by atoms with Gasteiger partial charge in [-0.1, -0.05) is 12.8 Å². The van der Waals surface area contributed by atoms with Crippen molar-refractivity contribution in [3.05, 3.63) is 28.3 Å². The van der Waals surface area contributed by atoms with Crippen LogP contribution < -0.4 is 9.64 Å². The highest BCUT2D eigenvalue weighted by Crippen LogP contribution is 2.39. The molecule has 0 aromatic heterocycles. The number of methoxy groups -OCH3 is 1. The molecule has 1 aliphatic heterocycles. The van der Waals surface area contributed by atoms with Crippen LogP contribution >= 0.6 is 0 Å². The van der Waals surface area contributed by atoms with E-state index in [9.17, 15) is 15.2 Å². The molecule has 3 rings (SSSR count). The van der Waals surface area contributed by atoms with Crippen LogP contribution in [0.2, 0.25) is 0 Å². The summed E-state index contributed by atoms with van der Waals surface area (Å²) in [5.41, 5.74) is 0.942. The molecule has 2 aliphatic rings. The van der Waals surface area contributed by atoms with Crippen molar-refractivity contribution in [2.75, 3.05) is 18.6 Å². The lowest BCUT2D eigenvalue weighted by Crippen LogP contribution is -2.42. The van der Waals surface area contributed by atoms with Crippen LogP contribution in [0.5, 0.6) is 5.75 Å². The largest absolute Gasteiger partial charge is 0.490 e. The van der Waals surface area contributed by atoms with E-state index >= 15 is 0 Å². The number of nitrogens with zero attached hydrogens (tertiary/aromatic N) is 2. The van der Waals surface area contributed by atoms with E-state index in [0.29, 0.717) is 17.7 Å². The van der Waals surface area contributed by atoms with Gasteiger partial charge in [0.1, 0.15) is 0 Å². The average Bonchev–Trinajstić information content (AvgIpc) is 3.04. The highest BCUT2D eigenvalue weighted by atomic mass is 16.6. The van der Waals surface area contributed by atoms with Gasteiger partial charge in [0.2, 0.25) is 0 Å². The third-order valence-corrected chi connectivity index (χ3v) is 5.27. The Hall–Kier alpha value is -1.82. The maximum absolute atomic E-state index is 11.0. The Bertz CT molecular complexity index is 578. The van der Waals surface area contributed by atoms with Gasteiger partial charge in [-0.05, 0) is 31.7 Å². The van der Waals surface area contributed by atoms with E-state index in [-0.39, 0.29) is 11.8 Å². The first-order chi connectivity index (χ1) is 11.1. The van der Waals surface area contributed by atoms with Gasteiger partial charge < -0.3 is 14.7 Å². The Morgan fingerprint density at radius 1 is 1.26 bits per heavy atom. The Labute approximate surface area is 136 Å². The number of ether oxygens (including phenoxy) is 1. The molecular weight excluding hydrogens is 296 g/mol. The fourth-order valence-electron chi connectivity index (χ4n) is 4.14. The second-order valence-electron chi connectivity index (χ2n) is 6.53. The van der Waals surface area contributed by atoms with E-state index in [2.05, 4.69) is 4.90 Å². The number of hydrogen-bond donors (Lipinski definition) is 1. The Morgan fingerprint density at radius 2 is 2.04 bits per heavy atom. The summed E-state index contributed by atoms with van der Waals surface area (Å²) in [4.78, 5) is 12.9. The van der Waals surface area contributed by atoms with Gasteiger partial charge in [0, 0.05) is 36.3 Å². The number of aliphatic hydroxyl groups is 1. The lowest BCUT2D eigenvalue weighted by molar-refractivity contribution is -0.385. The molecule has 6 nitrogen and oxygen atoms in total. The van der Waals surface area contributed by atoms with Crippen LogP contribution in [0.25, 0.3) is 0 Å². The zero-order valence-corrected chi connectivity index (χ0v) is 13.5. The monoisotopic (exact) mass is 320 g/mol. The number of nitro groups is 1. The second kappa shape index (κ2) is 6.74. The highest BCUT2D eigenvalue weighted by molar-refractivity contribution is 5.60. The normalized spacial score (nSPS) is 27.9. The van der Waals surface area contributed by atoms with Gasteiger partial charge in [0.15, 0.2) is 5.75 Å². The van der Waals surface area contributed by atoms with Crippen LogP contribution in [0.4, 0.5) is 11.4 Å². The SMILES string of the molecule is COc1cc(N2CCCC2C2CCCCC2O)ccc1[N+](=O)[O-]. The number of aliphatic hydroxyl groups excluding tert-OH is 1. The van der Waals surface area contributed by atoms with Crippen LogP contribution in [0, 0.1) is 16.0 Å². The summed E-state index contributed by atoms with van der Waals surface area (Å²) in [6.07, 6.45) is 6.17. The molecule has 1 saturated carbocycles. The van der Waals surface area contributed by atoms with Gasteiger partial charge in [-0.3, -0.25) is 10.1 Å². The molecule has 1 aromatic carbocycles. The third-order valence-electron chi connectivity index (χ3n) is 5.27. The lowest BCUT2D eigenvalue weighted by Gasteiger charge is -2.38. The van der Waals surface area contributed by atoms with Gasteiger partial charge in [-0.2, -0.15) is 0 Å². The van der Waals surface area contributed by atoms with E-state index in [4.69, 9.17) is 4.74 Å². The second-order valence-corrected chi connectivity index (χ2v) is 6.53. The molecule has 1 saturated heterocycles. The molecule has 23 heavy (non-hydrogen) atoms. The van der Waals surface area contributed by atoms with E-state index in [1.807, 2.05) is 0 Å². The zero-order valence-electron chi connectivity index (χ0n) is 13.5. The van der Waals surface area contributed by atoms with Crippen LogP contribution in [-0.4, -0.2) is 35.8 Å². The van der Waals surface area contributed by atoms with E-state index in [1.165, 1.54) is 19.6 Å². The number of anilines is 1. The van der Waals surface area contributed by atoms with E-state index < -0.39 is 4.92 Å². The van der Waals surface area contributed by atoms with Crippen LogP contribution in [-0.2, 0) is 0 Å². The van der Waals surface area contributed by atoms with Crippen LogP contribution in [0.1, 0.15) is 38.5 Å². The summed E-state index contributed by atoms with van der Waals surface area (Å²) in [6.45, 7) is 0.925. The standard InChI is InChI=1S/C17H24N2O4/c1-23-17-11-12(8-9-15(17)19(21)22)18-10-4-6-14(18)13-5-2-3-7-16(13)20/h8-9,11,13-14,16,20H,2-7,10H2,1H3. The lowest BCUT2D eigenvalue weighted by atomic mass is 9.80. The molecule has 3 unspecified atom stereocenters. The molecule has 0 bridgehead atoms. The Balaban J connectivity index is 1.86. The predicted molar refractivity (Wildman–Crippen MR) is 88.0 cm³/mol. The zero-order chi connectivity index (χ0) is 16.4. The van der Waals surface area contributed by atoms with Gasteiger partial charge >= 0.3 is 5.69 Å². The number of hydrogen-bond acceptors (Lipinski definition) is 5. The molecule has 1 aromatic rings. The minimum Gasteiger partial charge on any atom is -0.490 e. The van der Waals surface area contributed by atoms with Gasteiger partial charge in [0.05, 0.1) is 18.1 Å². The minimum absolute atomic E-state index is 0.00954. The maximum atomic E-state index is 11.0. The van der Waals surface area contributed by atoms with Crippen molar-refractivity contribution < 1.29 is 14.8 Å². The summed E-state index contributed by atoms with van der Waals surface area (Å²) in [5.74, 6) is 0.592. The average molecular weight is 320 g/mol. The highest BCUT2D eigenvalue weighted by Gasteiger charge is 2.37. The summed E-state index contributed by atoms with van der Waals surface area (Å²) in [5, 5.41) is 21.4. The van der Waals surface area contributed by atoms with Crippen molar-refractivity contribution >= 4 is 11.4 Å². The molecule has 6 heteroatoms. The van der Waals surface area contributed by atoms with Crippen molar-refractivity contribution in [1.29, 1.82) is 0 Å². The first-order valence-electron chi connectivity index (χ1n) is 8.39. The summed E-state index contributed by atoms with van der Waals surface area (Å²) in [6, 6.07) is 5.39. The smallest absolute Gasteiger partial charge is 0.311 e. The Kier molecular flexibility index (Phi) is 4.71. The topological polar surface area (TPSA) is 75.8 Å². The summed E-state index contributed by atoms with van der Waals surface area (Å²) >= 11 is 0. The molecule has 0 spiro atoms. The molecule has 0 radical (unpaired) electrons. The van der Waals surface area contributed by atoms with Gasteiger partial charge in [-0.25, -0.2) is 0 Å². The molecular formula is C17H24N2O4. The van der Waals surface area contributed by atoms with Gasteiger partial charge in [-0.15, -0.1) is 0 Å². The molecule has 126 valence electrons. The van der Waals surface area contributed by atoms with Crippen molar-refractivity contribution in [3.8, 4) is 5.75 Å². The number of nitro benzene ring substituents is 1. The first-order valence-corrected chi connectivity index (χ1v) is 8.39.